The molecule has 0 atom stereocenters. The summed E-state index contributed by atoms with van der Waals surface area (Å²) in [5.74, 6) is 3.20. The van der Waals surface area contributed by atoms with E-state index in [2.05, 4.69) is 62.0 Å². The van der Waals surface area contributed by atoms with Crippen LogP contribution >= 0.6 is 35.1 Å². The molecule has 0 amide bonds. The van der Waals surface area contributed by atoms with Crippen molar-refractivity contribution < 1.29 is 9.84 Å². The Hall–Kier alpha value is -3.79. The Morgan fingerprint density at radius 1 is 0.957 bits per heavy atom. The van der Waals surface area contributed by atoms with E-state index in [9.17, 15) is 5.11 Å². The van der Waals surface area contributed by atoms with Gasteiger partial charge in [0.05, 0.1) is 34.2 Å². The first-order chi connectivity index (χ1) is 22.2. The number of aliphatic hydroxyl groups is 1. The molecule has 236 valence electrons. The molecule has 0 saturated carbocycles. The average Bonchev–Trinajstić information content (AvgIpc) is 3.63. The van der Waals surface area contributed by atoms with E-state index >= 15 is 0 Å². The second-order valence-corrected chi connectivity index (χ2v) is 14.3. The highest BCUT2D eigenvalue weighted by atomic mass is 35.5. The first-order valence-corrected chi connectivity index (χ1v) is 17.8. The van der Waals surface area contributed by atoms with Gasteiger partial charge in [-0.05, 0) is 55.0 Å². The Balaban J connectivity index is 1.36. The van der Waals surface area contributed by atoms with Gasteiger partial charge in [-0.2, -0.15) is 10.2 Å². The predicted octanol–water partition coefficient (Wildman–Crippen LogP) is 9.01. The van der Waals surface area contributed by atoms with Gasteiger partial charge < -0.3 is 14.4 Å². The number of halogens is 1. The van der Waals surface area contributed by atoms with E-state index in [0.717, 1.165) is 84.0 Å². The number of fused-ring (bicyclic) bond motifs is 8. The van der Waals surface area contributed by atoms with Gasteiger partial charge in [0.1, 0.15) is 11.5 Å². The molecule has 6 aromatic rings. The lowest BCUT2D eigenvalue weighted by atomic mass is 9.98. The summed E-state index contributed by atoms with van der Waals surface area (Å²) in [6.45, 7) is 6.56. The standard InChI is InChI=1S/C36H36ClN5O2S2/c1-21-33-31(39-41(21)4)20-45-18-24-16-25(42(5)38-24)19-46-26-15-23-9-6-7-10-27(23)32(17-26)44-14-8-11-28-29-12-13-30(37)34(33)36(29)40(3)35(28)22(2)43/h6-7,9-10,12-13,15-17,43H,2,8,11,14,18-20H2,1,3-5H3. The van der Waals surface area contributed by atoms with Gasteiger partial charge in [0.25, 0.3) is 0 Å². The number of aromatic nitrogens is 5. The fourth-order valence-corrected chi connectivity index (χ4v) is 8.71. The Labute approximate surface area is 282 Å². The van der Waals surface area contributed by atoms with Crippen LogP contribution in [0.15, 0.2) is 66.1 Å². The molecule has 0 saturated heterocycles. The molecule has 1 aliphatic rings. The first kappa shape index (κ1) is 30.8. The van der Waals surface area contributed by atoms with Gasteiger partial charge in [-0.15, -0.1) is 23.5 Å². The summed E-state index contributed by atoms with van der Waals surface area (Å²) < 4.78 is 12.5. The predicted molar refractivity (Wildman–Crippen MR) is 192 cm³/mol. The van der Waals surface area contributed by atoms with E-state index < -0.39 is 0 Å². The van der Waals surface area contributed by atoms with Crippen molar-refractivity contribution >= 4 is 62.6 Å². The largest absolute Gasteiger partial charge is 0.506 e. The highest BCUT2D eigenvalue weighted by Gasteiger charge is 2.26. The first-order valence-electron chi connectivity index (χ1n) is 15.3. The van der Waals surface area contributed by atoms with Crippen LogP contribution in [0.2, 0.25) is 5.02 Å². The molecule has 3 aromatic heterocycles. The summed E-state index contributed by atoms with van der Waals surface area (Å²) in [6.07, 6.45) is 1.46. The molecule has 1 aliphatic heterocycles. The van der Waals surface area contributed by atoms with Crippen molar-refractivity contribution in [2.24, 2.45) is 21.1 Å². The lowest BCUT2D eigenvalue weighted by Gasteiger charge is -2.13. The number of nitrogens with zero attached hydrogens (tertiary/aromatic N) is 5. The second-order valence-electron chi connectivity index (χ2n) is 11.8. The Bertz CT molecular complexity index is 2140. The highest BCUT2D eigenvalue weighted by molar-refractivity contribution is 7.98. The molecule has 46 heavy (non-hydrogen) atoms. The van der Waals surface area contributed by atoms with Crippen LogP contribution in [0.1, 0.15) is 40.5 Å². The number of aliphatic hydroxyl groups excluding tert-OH is 1. The summed E-state index contributed by atoms with van der Waals surface area (Å²) in [7, 11) is 5.97. The van der Waals surface area contributed by atoms with Gasteiger partial charge in [-0.1, -0.05) is 48.5 Å². The highest BCUT2D eigenvalue weighted by Crippen LogP contribution is 2.43. The van der Waals surface area contributed by atoms with Crippen molar-refractivity contribution in [3.63, 3.8) is 0 Å². The summed E-state index contributed by atoms with van der Waals surface area (Å²) in [5.41, 5.74) is 8.92. The normalized spacial score (nSPS) is 14.3. The maximum Gasteiger partial charge on any atom is 0.132 e. The fourth-order valence-electron chi connectivity index (χ4n) is 6.63. The number of rotatable bonds is 1. The molecule has 8 bridgehead atoms. The van der Waals surface area contributed by atoms with E-state index in [4.69, 9.17) is 26.5 Å². The summed E-state index contributed by atoms with van der Waals surface area (Å²) >= 11 is 10.6. The topological polar surface area (TPSA) is 70.0 Å². The molecule has 7 nitrogen and oxygen atoms in total. The van der Waals surface area contributed by atoms with E-state index in [1.807, 2.05) is 41.1 Å². The van der Waals surface area contributed by atoms with E-state index in [0.29, 0.717) is 29.5 Å². The molecule has 0 spiro atoms. The number of ether oxygens (including phenoxy) is 1. The van der Waals surface area contributed by atoms with Crippen LogP contribution in [0.3, 0.4) is 0 Å². The smallest absolute Gasteiger partial charge is 0.132 e. The summed E-state index contributed by atoms with van der Waals surface area (Å²) in [4.78, 5) is 1.16. The van der Waals surface area contributed by atoms with Crippen LogP contribution in [0.25, 0.3) is 38.6 Å². The summed E-state index contributed by atoms with van der Waals surface area (Å²) in [5, 5.41) is 24.6. The van der Waals surface area contributed by atoms with Gasteiger partial charge in [-0.25, -0.2) is 0 Å². The lowest BCUT2D eigenvalue weighted by molar-refractivity contribution is 0.314. The molecule has 0 aliphatic carbocycles. The van der Waals surface area contributed by atoms with Crippen molar-refractivity contribution in [3.05, 3.63) is 100 Å². The number of hydrogen-bond acceptors (Lipinski definition) is 6. The van der Waals surface area contributed by atoms with Crippen molar-refractivity contribution in [1.82, 2.24) is 24.1 Å². The fraction of sp³-hybridized carbons (Fsp3) is 0.278. The van der Waals surface area contributed by atoms with E-state index in [1.165, 1.54) is 5.69 Å². The van der Waals surface area contributed by atoms with Crippen molar-refractivity contribution in [2.45, 2.75) is 41.9 Å². The van der Waals surface area contributed by atoms with Crippen molar-refractivity contribution in [3.8, 4) is 16.9 Å². The van der Waals surface area contributed by atoms with Gasteiger partial charge in [0.2, 0.25) is 0 Å². The zero-order valence-electron chi connectivity index (χ0n) is 26.4. The number of benzene rings is 3. The minimum absolute atomic E-state index is 0.0373. The number of hydrogen-bond donors (Lipinski definition) is 1. The minimum Gasteiger partial charge on any atom is -0.506 e. The van der Waals surface area contributed by atoms with Crippen LogP contribution < -0.4 is 4.74 Å². The van der Waals surface area contributed by atoms with Crippen LogP contribution in [-0.2, 0) is 44.8 Å². The molecule has 1 N–H and O–H groups in total. The Morgan fingerprint density at radius 2 is 1.78 bits per heavy atom. The van der Waals surface area contributed by atoms with Gasteiger partial charge in [0, 0.05) is 76.6 Å². The third-order valence-electron chi connectivity index (χ3n) is 8.87. The molecule has 0 fully saturated rings. The van der Waals surface area contributed by atoms with Gasteiger partial charge in [-0.3, -0.25) is 9.36 Å². The van der Waals surface area contributed by atoms with E-state index in [1.54, 1.807) is 23.5 Å². The SMILES string of the molecule is C=C(O)c1c2c3ccc(Cl)c(c3n1C)-c1c(nn(C)c1C)CSCc1cc(n(C)n1)CSc1cc(c3ccccc3c1)OCCC2. The lowest BCUT2D eigenvalue weighted by Crippen LogP contribution is -2.03. The Morgan fingerprint density at radius 3 is 2.61 bits per heavy atom. The second kappa shape index (κ2) is 12.4. The molecule has 0 radical (unpaired) electrons. The van der Waals surface area contributed by atoms with Crippen molar-refractivity contribution in [2.75, 3.05) is 6.61 Å². The molecule has 7 rings (SSSR count). The average molecular weight is 670 g/mol. The van der Waals surface area contributed by atoms with Crippen LogP contribution in [-0.4, -0.2) is 35.8 Å². The van der Waals surface area contributed by atoms with E-state index in [-0.39, 0.29) is 5.76 Å². The molecule has 4 heterocycles. The summed E-state index contributed by atoms with van der Waals surface area (Å²) in [6, 6.07) is 19.0. The number of aryl methyl sites for hydroxylation is 4. The van der Waals surface area contributed by atoms with Crippen LogP contribution in [0.4, 0.5) is 0 Å². The minimum atomic E-state index is 0.0373. The zero-order chi connectivity index (χ0) is 32.1. The van der Waals surface area contributed by atoms with Crippen LogP contribution in [0.5, 0.6) is 5.75 Å². The zero-order valence-corrected chi connectivity index (χ0v) is 28.8. The van der Waals surface area contributed by atoms with Crippen LogP contribution in [0, 0.1) is 6.92 Å². The maximum atomic E-state index is 10.9. The van der Waals surface area contributed by atoms with Crippen molar-refractivity contribution in [1.29, 1.82) is 0 Å². The molecule has 0 unspecified atom stereocenters. The quantitative estimate of drug-likeness (QED) is 0.176. The maximum absolute atomic E-state index is 10.9. The van der Waals surface area contributed by atoms with Gasteiger partial charge >= 0.3 is 0 Å². The monoisotopic (exact) mass is 669 g/mol. The third-order valence-corrected chi connectivity index (χ3v) is 11.2. The number of thioether (sulfide) groups is 2. The molecular formula is C36H36ClN5O2S2. The Kier molecular flexibility index (Phi) is 8.34. The molecular weight excluding hydrogens is 634 g/mol. The molecule has 3 aromatic carbocycles. The third kappa shape index (κ3) is 5.48. The van der Waals surface area contributed by atoms with Gasteiger partial charge in [0.15, 0.2) is 0 Å². The molecule has 10 heteroatoms.